The summed E-state index contributed by atoms with van der Waals surface area (Å²) < 4.78 is 9.48. The van der Waals surface area contributed by atoms with Crippen molar-refractivity contribution in [1.82, 2.24) is 5.16 Å². The minimum absolute atomic E-state index is 0.360. The number of hydrogen-bond donors (Lipinski definition) is 1. The second kappa shape index (κ2) is 4.06. The summed E-state index contributed by atoms with van der Waals surface area (Å²) in [5.41, 5.74) is 6.97. The van der Waals surface area contributed by atoms with Crippen molar-refractivity contribution in [1.29, 1.82) is 0 Å². The van der Waals surface area contributed by atoms with Crippen LogP contribution in [-0.4, -0.2) is 18.2 Å². The van der Waals surface area contributed by atoms with Crippen molar-refractivity contribution in [3.05, 3.63) is 29.8 Å². The highest BCUT2D eigenvalue weighted by molar-refractivity contribution is 5.90. The molecular weight excluding hydrogens is 208 g/mol. The fourth-order valence-corrected chi connectivity index (χ4v) is 1.31. The van der Waals surface area contributed by atoms with Crippen LogP contribution in [0.15, 0.2) is 28.8 Å². The summed E-state index contributed by atoms with van der Waals surface area (Å²) in [6.07, 6.45) is 2.96. The van der Waals surface area contributed by atoms with E-state index in [1.54, 1.807) is 18.2 Å². The molecule has 1 aromatic carbocycles. The quantitative estimate of drug-likeness (QED) is 0.611. The van der Waals surface area contributed by atoms with Crippen LogP contribution in [0.4, 0.5) is 5.82 Å². The molecule has 5 heteroatoms. The van der Waals surface area contributed by atoms with E-state index in [-0.39, 0.29) is 0 Å². The molecule has 2 N–H and O–H groups in total. The average Bonchev–Trinajstić information content (AvgIpc) is 2.67. The maximum Gasteiger partial charge on any atom is 0.330 e. The maximum absolute atomic E-state index is 10.9. The number of nitrogens with zero attached hydrogens (tertiary/aromatic N) is 1. The summed E-state index contributed by atoms with van der Waals surface area (Å²) in [6.45, 7) is 0. The molecule has 2 rings (SSSR count). The Bertz CT molecular complexity index is 557. The maximum atomic E-state index is 10.9. The number of rotatable bonds is 2. The van der Waals surface area contributed by atoms with Gasteiger partial charge in [-0.25, -0.2) is 4.79 Å². The standard InChI is InChI=1S/C11H10N2O3/c1-15-10(14)5-3-7-2-4-8-9(6-7)16-13-11(8)12/h2-6H,1H3,(H2,12,13)/b5-3+. The second-order valence-electron chi connectivity index (χ2n) is 3.18. The van der Waals surface area contributed by atoms with Gasteiger partial charge in [0.15, 0.2) is 11.4 Å². The molecule has 0 saturated heterocycles. The monoisotopic (exact) mass is 218 g/mol. The number of nitrogens with two attached hydrogens (primary N) is 1. The highest BCUT2D eigenvalue weighted by Crippen LogP contribution is 2.21. The molecule has 0 amide bonds. The Morgan fingerprint density at radius 3 is 3.12 bits per heavy atom. The fourth-order valence-electron chi connectivity index (χ4n) is 1.31. The Labute approximate surface area is 91.5 Å². The van der Waals surface area contributed by atoms with Crippen molar-refractivity contribution >= 4 is 28.8 Å². The zero-order chi connectivity index (χ0) is 11.5. The van der Waals surface area contributed by atoms with Crippen molar-refractivity contribution in [2.45, 2.75) is 0 Å². The van der Waals surface area contributed by atoms with Crippen LogP contribution in [0.25, 0.3) is 17.0 Å². The first-order chi connectivity index (χ1) is 7.70. The van der Waals surface area contributed by atoms with Gasteiger partial charge in [0.05, 0.1) is 12.5 Å². The number of aromatic nitrogens is 1. The van der Waals surface area contributed by atoms with E-state index in [2.05, 4.69) is 9.89 Å². The third-order valence-corrected chi connectivity index (χ3v) is 2.14. The first-order valence-corrected chi connectivity index (χ1v) is 4.61. The van der Waals surface area contributed by atoms with Gasteiger partial charge in [-0.15, -0.1) is 0 Å². The molecule has 0 aliphatic rings. The van der Waals surface area contributed by atoms with Gasteiger partial charge in [-0.3, -0.25) is 0 Å². The van der Waals surface area contributed by atoms with Gasteiger partial charge in [-0.1, -0.05) is 11.2 Å². The predicted molar refractivity (Wildman–Crippen MR) is 59.5 cm³/mol. The van der Waals surface area contributed by atoms with E-state index in [1.807, 2.05) is 6.07 Å². The van der Waals surface area contributed by atoms with Crippen LogP contribution in [0.3, 0.4) is 0 Å². The summed E-state index contributed by atoms with van der Waals surface area (Å²) in [7, 11) is 1.33. The minimum Gasteiger partial charge on any atom is -0.466 e. The first kappa shape index (κ1) is 10.2. The molecule has 0 fully saturated rings. The topological polar surface area (TPSA) is 78.4 Å². The van der Waals surface area contributed by atoms with Crippen molar-refractivity contribution < 1.29 is 14.1 Å². The highest BCUT2D eigenvalue weighted by atomic mass is 16.5. The Kier molecular flexibility index (Phi) is 2.59. The Hall–Kier alpha value is -2.30. The lowest BCUT2D eigenvalue weighted by molar-refractivity contribution is -0.134. The van der Waals surface area contributed by atoms with Crippen molar-refractivity contribution in [2.75, 3.05) is 12.8 Å². The van der Waals surface area contributed by atoms with Crippen molar-refractivity contribution in [3.8, 4) is 0 Å². The van der Waals surface area contributed by atoms with Crippen LogP contribution >= 0.6 is 0 Å². The van der Waals surface area contributed by atoms with Crippen molar-refractivity contribution in [2.24, 2.45) is 0 Å². The molecule has 0 aliphatic carbocycles. The average molecular weight is 218 g/mol. The van der Waals surface area contributed by atoms with E-state index in [0.29, 0.717) is 11.4 Å². The molecule has 0 unspecified atom stereocenters. The number of benzene rings is 1. The van der Waals surface area contributed by atoms with Crippen LogP contribution in [-0.2, 0) is 9.53 Å². The highest BCUT2D eigenvalue weighted by Gasteiger charge is 2.04. The molecule has 0 saturated carbocycles. The van der Waals surface area contributed by atoms with Crippen molar-refractivity contribution in [3.63, 3.8) is 0 Å². The van der Waals surface area contributed by atoms with E-state index in [1.165, 1.54) is 13.2 Å². The summed E-state index contributed by atoms with van der Waals surface area (Å²) in [6, 6.07) is 5.35. The van der Waals surface area contributed by atoms with Crippen LogP contribution in [0.5, 0.6) is 0 Å². The molecule has 1 heterocycles. The number of fused-ring (bicyclic) bond motifs is 1. The number of carbonyl (C=O) groups excluding carboxylic acids is 1. The lowest BCUT2D eigenvalue weighted by atomic mass is 10.1. The van der Waals surface area contributed by atoms with Crippen LogP contribution in [0, 0.1) is 0 Å². The molecular formula is C11H10N2O3. The summed E-state index contributed by atoms with van der Waals surface area (Å²) in [5, 5.41) is 4.39. The third kappa shape index (κ3) is 1.88. The zero-order valence-electron chi connectivity index (χ0n) is 8.64. The van der Waals surface area contributed by atoms with E-state index in [9.17, 15) is 4.79 Å². The molecule has 0 radical (unpaired) electrons. The largest absolute Gasteiger partial charge is 0.466 e. The minimum atomic E-state index is -0.405. The van der Waals surface area contributed by atoms with Gasteiger partial charge in [0.25, 0.3) is 0 Å². The van der Waals surface area contributed by atoms with E-state index >= 15 is 0 Å². The van der Waals surface area contributed by atoms with E-state index < -0.39 is 5.97 Å². The van der Waals surface area contributed by atoms with Gasteiger partial charge < -0.3 is 15.0 Å². The summed E-state index contributed by atoms with van der Waals surface area (Å²) >= 11 is 0. The normalized spacial score (nSPS) is 11.1. The lowest BCUT2D eigenvalue weighted by Crippen LogP contribution is -1.93. The second-order valence-corrected chi connectivity index (χ2v) is 3.18. The fraction of sp³-hybridized carbons (Fsp3) is 0.0909. The third-order valence-electron chi connectivity index (χ3n) is 2.14. The summed E-state index contributed by atoms with van der Waals surface area (Å²) in [5.74, 6) is -0.0457. The van der Waals surface area contributed by atoms with Gasteiger partial charge in [-0.2, -0.15) is 0 Å². The lowest BCUT2D eigenvalue weighted by Gasteiger charge is -1.93. The molecule has 0 bridgehead atoms. The number of methoxy groups -OCH3 is 1. The number of hydrogen-bond acceptors (Lipinski definition) is 5. The SMILES string of the molecule is COC(=O)/C=C/c1ccc2c(N)noc2c1. The molecule has 1 aromatic heterocycles. The van der Waals surface area contributed by atoms with Gasteiger partial charge in [0.2, 0.25) is 0 Å². The van der Waals surface area contributed by atoms with Gasteiger partial charge in [-0.05, 0) is 23.8 Å². The number of anilines is 1. The molecule has 0 spiro atoms. The Morgan fingerprint density at radius 1 is 1.56 bits per heavy atom. The predicted octanol–water partition coefficient (Wildman–Crippen LogP) is 1.60. The van der Waals surface area contributed by atoms with Gasteiger partial charge >= 0.3 is 5.97 Å². The number of ether oxygens (including phenoxy) is 1. The number of nitrogen functional groups attached to an aromatic ring is 1. The molecule has 16 heavy (non-hydrogen) atoms. The van der Waals surface area contributed by atoms with Crippen LogP contribution in [0.1, 0.15) is 5.56 Å². The number of carbonyl (C=O) groups is 1. The van der Waals surface area contributed by atoms with Crippen LogP contribution in [0.2, 0.25) is 0 Å². The van der Waals surface area contributed by atoms with Crippen LogP contribution < -0.4 is 5.73 Å². The smallest absolute Gasteiger partial charge is 0.330 e. The van der Waals surface area contributed by atoms with E-state index in [4.69, 9.17) is 10.3 Å². The van der Waals surface area contributed by atoms with E-state index in [0.717, 1.165) is 10.9 Å². The molecule has 82 valence electrons. The molecule has 2 aromatic rings. The van der Waals surface area contributed by atoms with Gasteiger partial charge in [0, 0.05) is 6.08 Å². The number of esters is 1. The molecule has 0 aliphatic heterocycles. The Balaban J connectivity index is 2.33. The zero-order valence-corrected chi connectivity index (χ0v) is 8.64. The summed E-state index contributed by atoms with van der Waals surface area (Å²) in [4.78, 5) is 10.9. The Morgan fingerprint density at radius 2 is 2.38 bits per heavy atom. The first-order valence-electron chi connectivity index (χ1n) is 4.61. The molecule has 5 nitrogen and oxygen atoms in total. The van der Waals surface area contributed by atoms with Gasteiger partial charge in [0.1, 0.15) is 0 Å². The molecule has 0 atom stereocenters.